The van der Waals surface area contributed by atoms with Gasteiger partial charge in [-0.05, 0) is 41.5 Å². The van der Waals surface area contributed by atoms with Crippen LogP contribution in [-0.2, 0) is 6.54 Å². The lowest BCUT2D eigenvalue weighted by Crippen LogP contribution is -2.21. The van der Waals surface area contributed by atoms with Gasteiger partial charge in [0.05, 0.1) is 6.04 Å². The highest BCUT2D eigenvalue weighted by molar-refractivity contribution is 6.30. The third-order valence-electron chi connectivity index (χ3n) is 4.03. The lowest BCUT2D eigenvalue weighted by Gasteiger charge is -2.18. The molecule has 0 unspecified atom stereocenters. The molecule has 2 nitrogen and oxygen atoms in total. The summed E-state index contributed by atoms with van der Waals surface area (Å²) < 4.78 is 2.27. The van der Waals surface area contributed by atoms with Gasteiger partial charge in [-0.3, -0.25) is 0 Å². The standard InChI is InChI=1S/C18H15ClN2/c19-15-9-7-13(8-10-15)18-17-6-3-11-21(17)16-5-2-1-4-14(16)12-20-18/h1-11,18,20H,12H2/t18-/m1/s1. The maximum Gasteiger partial charge on any atom is 0.0737 e. The van der Waals surface area contributed by atoms with E-state index in [0.717, 1.165) is 11.6 Å². The van der Waals surface area contributed by atoms with Crippen LogP contribution in [0.3, 0.4) is 0 Å². The summed E-state index contributed by atoms with van der Waals surface area (Å²) in [6.07, 6.45) is 2.13. The van der Waals surface area contributed by atoms with E-state index >= 15 is 0 Å². The molecular formula is C18H15ClN2. The van der Waals surface area contributed by atoms with Crippen LogP contribution in [0.25, 0.3) is 5.69 Å². The molecule has 0 amide bonds. The average Bonchev–Trinajstić information content (AvgIpc) is 2.93. The van der Waals surface area contributed by atoms with Gasteiger partial charge in [-0.15, -0.1) is 0 Å². The fraction of sp³-hybridized carbons (Fsp3) is 0.111. The van der Waals surface area contributed by atoms with Gasteiger partial charge < -0.3 is 9.88 Å². The van der Waals surface area contributed by atoms with Gasteiger partial charge in [0.15, 0.2) is 0 Å². The van der Waals surface area contributed by atoms with Crippen LogP contribution in [0.15, 0.2) is 66.9 Å². The van der Waals surface area contributed by atoms with Crippen molar-refractivity contribution in [2.24, 2.45) is 0 Å². The van der Waals surface area contributed by atoms with Gasteiger partial charge in [0, 0.05) is 29.1 Å². The van der Waals surface area contributed by atoms with Crippen LogP contribution in [0.4, 0.5) is 0 Å². The number of hydrogen-bond donors (Lipinski definition) is 1. The molecule has 0 spiro atoms. The number of para-hydroxylation sites is 1. The molecule has 0 saturated carbocycles. The van der Waals surface area contributed by atoms with Gasteiger partial charge in [0.1, 0.15) is 0 Å². The predicted molar refractivity (Wildman–Crippen MR) is 85.9 cm³/mol. The molecule has 2 aromatic carbocycles. The van der Waals surface area contributed by atoms with Crippen LogP contribution < -0.4 is 5.32 Å². The van der Waals surface area contributed by atoms with Crippen molar-refractivity contribution in [3.05, 3.63) is 88.7 Å². The number of benzene rings is 2. The highest BCUT2D eigenvalue weighted by Crippen LogP contribution is 2.30. The summed E-state index contributed by atoms with van der Waals surface area (Å²) in [5.74, 6) is 0. The van der Waals surface area contributed by atoms with Crippen molar-refractivity contribution in [3.8, 4) is 5.69 Å². The Morgan fingerprint density at radius 2 is 1.76 bits per heavy atom. The largest absolute Gasteiger partial charge is 0.319 e. The Morgan fingerprint density at radius 3 is 2.62 bits per heavy atom. The van der Waals surface area contributed by atoms with E-state index in [1.54, 1.807) is 0 Å². The summed E-state index contributed by atoms with van der Waals surface area (Å²) in [4.78, 5) is 0. The Kier molecular flexibility index (Phi) is 3.06. The molecule has 1 N–H and O–H groups in total. The molecule has 0 bridgehead atoms. The second-order valence-corrected chi connectivity index (χ2v) is 5.73. The van der Waals surface area contributed by atoms with Crippen molar-refractivity contribution in [2.75, 3.05) is 0 Å². The van der Waals surface area contributed by atoms with Gasteiger partial charge in [-0.25, -0.2) is 0 Å². The fourth-order valence-electron chi connectivity index (χ4n) is 3.00. The highest BCUT2D eigenvalue weighted by atomic mass is 35.5. The molecule has 0 saturated heterocycles. The quantitative estimate of drug-likeness (QED) is 0.707. The average molecular weight is 295 g/mol. The third-order valence-corrected chi connectivity index (χ3v) is 4.28. The molecule has 0 fully saturated rings. The summed E-state index contributed by atoms with van der Waals surface area (Å²) in [7, 11) is 0. The van der Waals surface area contributed by atoms with Crippen molar-refractivity contribution in [1.29, 1.82) is 0 Å². The van der Waals surface area contributed by atoms with Gasteiger partial charge in [-0.2, -0.15) is 0 Å². The van der Waals surface area contributed by atoms with Crippen LogP contribution in [-0.4, -0.2) is 4.57 Å². The number of halogens is 1. The minimum absolute atomic E-state index is 0.171. The summed E-state index contributed by atoms with van der Waals surface area (Å²) in [6.45, 7) is 0.852. The van der Waals surface area contributed by atoms with E-state index in [0.29, 0.717) is 0 Å². The first-order valence-electron chi connectivity index (χ1n) is 7.07. The normalized spacial score (nSPS) is 16.9. The number of aromatic nitrogens is 1. The maximum absolute atomic E-state index is 6.01. The zero-order valence-electron chi connectivity index (χ0n) is 11.5. The molecule has 104 valence electrons. The zero-order chi connectivity index (χ0) is 14.2. The van der Waals surface area contributed by atoms with E-state index in [4.69, 9.17) is 11.6 Å². The fourth-order valence-corrected chi connectivity index (χ4v) is 3.13. The van der Waals surface area contributed by atoms with E-state index in [1.165, 1.54) is 22.5 Å². The van der Waals surface area contributed by atoms with Gasteiger partial charge in [0.2, 0.25) is 0 Å². The first kappa shape index (κ1) is 12.7. The van der Waals surface area contributed by atoms with Gasteiger partial charge >= 0.3 is 0 Å². The molecule has 3 heteroatoms. The molecule has 21 heavy (non-hydrogen) atoms. The van der Waals surface area contributed by atoms with Gasteiger partial charge in [-0.1, -0.05) is 41.9 Å². The summed E-state index contributed by atoms with van der Waals surface area (Å²) in [5, 5.41) is 4.42. The van der Waals surface area contributed by atoms with E-state index in [1.807, 2.05) is 12.1 Å². The Bertz CT molecular complexity index is 774. The van der Waals surface area contributed by atoms with Crippen LogP contribution in [0.5, 0.6) is 0 Å². The van der Waals surface area contributed by atoms with Crippen LogP contribution in [0.1, 0.15) is 22.9 Å². The Labute approximate surface area is 129 Å². The van der Waals surface area contributed by atoms with Crippen LogP contribution in [0, 0.1) is 0 Å². The van der Waals surface area contributed by atoms with Crippen molar-refractivity contribution >= 4 is 11.6 Å². The summed E-state index contributed by atoms with van der Waals surface area (Å²) in [6, 6.07) is 21.0. The van der Waals surface area contributed by atoms with E-state index in [9.17, 15) is 0 Å². The molecule has 0 aliphatic carbocycles. The summed E-state index contributed by atoms with van der Waals surface area (Å²) in [5.41, 5.74) is 5.04. The molecule has 1 aliphatic heterocycles. The molecular weight excluding hydrogens is 280 g/mol. The van der Waals surface area contributed by atoms with Gasteiger partial charge in [0.25, 0.3) is 0 Å². The van der Waals surface area contributed by atoms with Crippen LogP contribution in [0.2, 0.25) is 5.02 Å². The number of nitrogens with zero attached hydrogens (tertiary/aromatic N) is 1. The minimum atomic E-state index is 0.171. The molecule has 4 rings (SSSR count). The van der Waals surface area contributed by atoms with Crippen molar-refractivity contribution in [2.45, 2.75) is 12.6 Å². The Morgan fingerprint density at radius 1 is 0.952 bits per heavy atom. The maximum atomic E-state index is 6.01. The Balaban J connectivity index is 1.85. The number of hydrogen-bond acceptors (Lipinski definition) is 1. The molecule has 3 aromatic rings. The minimum Gasteiger partial charge on any atom is -0.319 e. The third kappa shape index (κ3) is 2.17. The van der Waals surface area contributed by atoms with Crippen molar-refractivity contribution in [1.82, 2.24) is 9.88 Å². The topological polar surface area (TPSA) is 17.0 Å². The number of fused-ring (bicyclic) bond motifs is 3. The van der Waals surface area contributed by atoms with E-state index in [2.05, 4.69) is 64.6 Å². The second kappa shape index (κ2) is 5.06. The van der Waals surface area contributed by atoms with Crippen LogP contribution >= 0.6 is 11.6 Å². The van der Waals surface area contributed by atoms with Crippen molar-refractivity contribution in [3.63, 3.8) is 0 Å². The molecule has 0 radical (unpaired) electrons. The second-order valence-electron chi connectivity index (χ2n) is 5.30. The predicted octanol–water partition coefficient (Wildman–Crippen LogP) is 4.32. The number of nitrogens with one attached hydrogen (secondary N) is 1. The Hall–Kier alpha value is -2.03. The smallest absolute Gasteiger partial charge is 0.0737 e. The molecule has 1 atom stereocenters. The monoisotopic (exact) mass is 294 g/mol. The SMILES string of the molecule is Clc1ccc([C@H]2NCc3ccccc3-n3cccc32)cc1. The first-order valence-corrected chi connectivity index (χ1v) is 7.45. The first-order chi connectivity index (χ1) is 10.3. The lowest BCUT2D eigenvalue weighted by atomic mass is 10.0. The molecule has 2 heterocycles. The van der Waals surface area contributed by atoms with E-state index in [-0.39, 0.29) is 6.04 Å². The zero-order valence-corrected chi connectivity index (χ0v) is 12.2. The lowest BCUT2D eigenvalue weighted by molar-refractivity contribution is 0.601. The molecule has 1 aromatic heterocycles. The molecule has 1 aliphatic rings. The number of rotatable bonds is 1. The highest BCUT2D eigenvalue weighted by Gasteiger charge is 2.22. The summed E-state index contributed by atoms with van der Waals surface area (Å²) >= 11 is 6.01. The van der Waals surface area contributed by atoms with Crippen molar-refractivity contribution < 1.29 is 0 Å². The van der Waals surface area contributed by atoms with E-state index < -0.39 is 0 Å².